The summed E-state index contributed by atoms with van der Waals surface area (Å²) in [4.78, 5) is 8.49. The van der Waals surface area contributed by atoms with Gasteiger partial charge in [0.25, 0.3) is 0 Å². The molecule has 106 valence electrons. The van der Waals surface area contributed by atoms with Crippen LogP contribution >= 0.6 is 0 Å². The highest BCUT2D eigenvalue weighted by molar-refractivity contribution is 5.39. The largest absolute Gasteiger partial charge is 0.496 e. The van der Waals surface area contributed by atoms with Gasteiger partial charge in [0.15, 0.2) is 0 Å². The highest BCUT2D eigenvalue weighted by Gasteiger charge is 2.12. The van der Waals surface area contributed by atoms with Crippen molar-refractivity contribution in [2.75, 3.05) is 19.0 Å². The number of benzene rings is 1. The van der Waals surface area contributed by atoms with Crippen molar-refractivity contribution in [3.63, 3.8) is 0 Å². The van der Waals surface area contributed by atoms with Crippen molar-refractivity contribution in [3.8, 4) is 5.75 Å². The maximum atomic E-state index is 10.2. The van der Waals surface area contributed by atoms with Gasteiger partial charge in [-0.1, -0.05) is 18.2 Å². The van der Waals surface area contributed by atoms with E-state index in [1.165, 1.54) is 0 Å². The second-order valence-electron chi connectivity index (χ2n) is 4.58. The predicted octanol–water partition coefficient (Wildman–Crippen LogP) is 2.25. The summed E-state index contributed by atoms with van der Waals surface area (Å²) in [7, 11) is 1.59. The summed E-state index contributed by atoms with van der Waals surface area (Å²) in [6, 6.07) is 9.28. The van der Waals surface area contributed by atoms with Crippen LogP contribution in [0.15, 0.2) is 30.3 Å². The average molecular weight is 273 g/mol. The molecule has 5 heteroatoms. The quantitative estimate of drug-likeness (QED) is 0.874. The summed E-state index contributed by atoms with van der Waals surface area (Å²) in [6.07, 6.45) is -0.665. The zero-order valence-corrected chi connectivity index (χ0v) is 11.9. The Balaban J connectivity index is 2.06. The van der Waals surface area contributed by atoms with Gasteiger partial charge in [-0.25, -0.2) is 9.97 Å². The molecule has 0 aliphatic carbocycles. The van der Waals surface area contributed by atoms with Gasteiger partial charge in [-0.05, 0) is 19.9 Å². The second kappa shape index (κ2) is 6.34. The molecule has 20 heavy (non-hydrogen) atoms. The number of nitrogens with one attached hydrogen (secondary N) is 1. The molecule has 0 aliphatic rings. The zero-order valence-electron chi connectivity index (χ0n) is 11.9. The lowest BCUT2D eigenvalue weighted by Crippen LogP contribution is -2.14. The molecule has 2 aromatic rings. The van der Waals surface area contributed by atoms with Crippen LogP contribution in [0.1, 0.15) is 23.2 Å². The van der Waals surface area contributed by atoms with Crippen LogP contribution in [0.2, 0.25) is 0 Å². The summed E-state index contributed by atoms with van der Waals surface area (Å²) in [6.45, 7) is 4.11. The molecule has 5 nitrogen and oxygen atoms in total. The maximum absolute atomic E-state index is 10.2. The fourth-order valence-corrected chi connectivity index (χ4v) is 2.06. The van der Waals surface area contributed by atoms with E-state index in [1.807, 2.05) is 44.2 Å². The summed E-state index contributed by atoms with van der Waals surface area (Å²) in [5.41, 5.74) is 1.65. The zero-order chi connectivity index (χ0) is 14.5. The molecule has 1 aromatic heterocycles. The van der Waals surface area contributed by atoms with Crippen LogP contribution in [-0.2, 0) is 0 Å². The third kappa shape index (κ3) is 3.45. The molecule has 0 aliphatic heterocycles. The van der Waals surface area contributed by atoms with E-state index in [0.717, 1.165) is 11.3 Å². The van der Waals surface area contributed by atoms with Crippen molar-refractivity contribution < 1.29 is 9.84 Å². The van der Waals surface area contributed by atoms with E-state index in [1.54, 1.807) is 7.11 Å². The predicted molar refractivity (Wildman–Crippen MR) is 77.9 cm³/mol. The van der Waals surface area contributed by atoms with Crippen molar-refractivity contribution in [2.24, 2.45) is 0 Å². The van der Waals surface area contributed by atoms with Crippen LogP contribution in [0, 0.1) is 13.8 Å². The first-order chi connectivity index (χ1) is 9.60. The molecule has 0 radical (unpaired) electrons. The van der Waals surface area contributed by atoms with Crippen LogP contribution in [0.3, 0.4) is 0 Å². The Hall–Kier alpha value is -2.14. The van der Waals surface area contributed by atoms with E-state index in [9.17, 15) is 5.11 Å². The van der Waals surface area contributed by atoms with Crippen LogP contribution in [0.25, 0.3) is 0 Å². The second-order valence-corrected chi connectivity index (χ2v) is 4.58. The van der Waals surface area contributed by atoms with Gasteiger partial charge in [-0.2, -0.15) is 0 Å². The molecule has 0 spiro atoms. The topological polar surface area (TPSA) is 67.3 Å². The van der Waals surface area contributed by atoms with Gasteiger partial charge >= 0.3 is 0 Å². The molecule has 0 bridgehead atoms. The van der Waals surface area contributed by atoms with Crippen molar-refractivity contribution in [1.29, 1.82) is 0 Å². The number of hydrogen-bond acceptors (Lipinski definition) is 5. The smallest absolute Gasteiger partial charge is 0.130 e. The van der Waals surface area contributed by atoms with Gasteiger partial charge < -0.3 is 15.2 Å². The first kappa shape index (κ1) is 14.3. The minimum absolute atomic E-state index is 0.357. The number of anilines is 1. The lowest BCUT2D eigenvalue weighted by atomic mass is 10.1. The van der Waals surface area contributed by atoms with E-state index in [4.69, 9.17) is 4.74 Å². The van der Waals surface area contributed by atoms with Gasteiger partial charge in [0, 0.05) is 23.9 Å². The minimum atomic E-state index is -0.665. The van der Waals surface area contributed by atoms with E-state index < -0.39 is 6.10 Å². The third-order valence-electron chi connectivity index (χ3n) is 2.94. The van der Waals surface area contributed by atoms with Crippen molar-refractivity contribution >= 4 is 5.82 Å². The Morgan fingerprint density at radius 1 is 1.25 bits per heavy atom. The van der Waals surface area contributed by atoms with Gasteiger partial charge in [0.05, 0.1) is 13.2 Å². The SMILES string of the molecule is COc1ccccc1[C@@H](O)CNc1cc(C)nc(C)n1. The lowest BCUT2D eigenvalue weighted by Gasteiger charge is -2.16. The number of rotatable bonds is 5. The third-order valence-corrected chi connectivity index (χ3v) is 2.94. The Bertz CT molecular complexity index is 567. The Morgan fingerprint density at radius 2 is 2.00 bits per heavy atom. The number of aromatic nitrogens is 2. The number of aryl methyl sites for hydroxylation is 2. The van der Waals surface area contributed by atoms with Crippen molar-refractivity contribution in [3.05, 3.63) is 47.4 Å². The number of aliphatic hydroxyl groups excluding tert-OH is 1. The molecule has 1 heterocycles. The standard InChI is InChI=1S/C15H19N3O2/c1-10-8-15(18-11(2)17-10)16-9-13(19)12-6-4-5-7-14(12)20-3/h4-8,13,19H,9H2,1-3H3,(H,16,17,18)/t13-/m0/s1. The first-order valence-electron chi connectivity index (χ1n) is 6.47. The molecule has 0 amide bonds. The van der Waals surface area contributed by atoms with E-state index in [0.29, 0.717) is 23.9 Å². The van der Waals surface area contributed by atoms with E-state index >= 15 is 0 Å². The van der Waals surface area contributed by atoms with Crippen LogP contribution in [0.4, 0.5) is 5.82 Å². The molecule has 1 atom stereocenters. The van der Waals surface area contributed by atoms with Crippen molar-refractivity contribution in [2.45, 2.75) is 20.0 Å². The van der Waals surface area contributed by atoms with Crippen LogP contribution in [0.5, 0.6) is 5.75 Å². The molecular weight excluding hydrogens is 254 g/mol. The monoisotopic (exact) mass is 273 g/mol. The number of ether oxygens (including phenoxy) is 1. The average Bonchev–Trinajstić information content (AvgIpc) is 2.43. The molecule has 1 aromatic carbocycles. The van der Waals surface area contributed by atoms with Crippen LogP contribution < -0.4 is 10.1 Å². The van der Waals surface area contributed by atoms with Gasteiger partial charge in [-0.15, -0.1) is 0 Å². The molecule has 0 unspecified atom stereocenters. The van der Waals surface area contributed by atoms with Crippen LogP contribution in [-0.4, -0.2) is 28.7 Å². The highest BCUT2D eigenvalue weighted by Crippen LogP contribution is 2.24. The summed E-state index contributed by atoms with van der Waals surface area (Å²) in [5, 5.41) is 13.4. The molecule has 2 rings (SSSR count). The summed E-state index contributed by atoms with van der Waals surface area (Å²) in [5.74, 6) is 2.10. The van der Waals surface area contributed by atoms with E-state index in [2.05, 4.69) is 15.3 Å². The van der Waals surface area contributed by atoms with Gasteiger partial charge in [0.1, 0.15) is 17.4 Å². The number of methoxy groups -OCH3 is 1. The number of hydrogen-bond donors (Lipinski definition) is 2. The number of aliphatic hydroxyl groups is 1. The van der Waals surface area contributed by atoms with E-state index in [-0.39, 0.29) is 0 Å². The van der Waals surface area contributed by atoms with Gasteiger partial charge in [-0.3, -0.25) is 0 Å². The summed E-state index contributed by atoms with van der Waals surface area (Å²) < 4.78 is 5.24. The molecule has 0 fully saturated rings. The Labute approximate surface area is 118 Å². The highest BCUT2D eigenvalue weighted by atomic mass is 16.5. The normalized spacial score (nSPS) is 12.0. The number of para-hydroxylation sites is 1. The first-order valence-corrected chi connectivity index (χ1v) is 6.47. The minimum Gasteiger partial charge on any atom is -0.496 e. The lowest BCUT2D eigenvalue weighted by molar-refractivity contribution is 0.187. The summed E-state index contributed by atoms with van der Waals surface area (Å²) >= 11 is 0. The van der Waals surface area contributed by atoms with Crippen molar-refractivity contribution in [1.82, 2.24) is 9.97 Å². The molecule has 0 saturated heterocycles. The fraction of sp³-hybridized carbons (Fsp3) is 0.333. The van der Waals surface area contributed by atoms with Gasteiger partial charge in [0.2, 0.25) is 0 Å². The Kier molecular flexibility index (Phi) is 4.53. The molecular formula is C15H19N3O2. The molecule has 0 saturated carbocycles. The molecule has 2 N–H and O–H groups in total. The Morgan fingerprint density at radius 3 is 2.70 bits per heavy atom. The maximum Gasteiger partial charge on any atom is 0.130 e. The number of nitrogens with zero attached hydrogens (tertiary/aromatic N) is 2. The fourth-order valence-electron chi connectivity index (χ4n) is 2.06.